The molecule has 5 aromatic rings. The van der Waals surface area contributed by atoms with Crippen molar-refractivity contribution in [3.8, 4) is 17.1 Å². The van der Waals surface area contributed by atoms with Gasteiger partial charge in [0.05, 0.1) is 17.4 Å². The molecule has 0 aliphatic rings. The van der Waals surface area contributed by atoms with E-state index in [1.54, 1.807) is 18.6 Å². The summed E-state index contributed by atoms with van der Waals surface area (Å²) in [6, 6.07) is 13.5. The zero-order chi connectivity index (χ0) is 23.7. The third-order valence-corrected chi connectivity index (χ3v) is 5.70. The van der Waals surface area contributed by atoms with Gasteiger partial charge in [0, 0.05) is 36.4 Å². The largest absolute Gasteiger partial charge is 0.481 e. The first-order valence-corrected chi connectivity index (χ1v) is 10.8. The van der Waals surface area contributed by atoms with Gasteiger partial charge in [-0.1, -0.05) is 24.3 Å². The summed E-state index contributed by atoms with van der Waals surface area (Å²) in [5.74, 6) is -0.423. The first kappa shape index (κ1) is 21.2. The third-order valence-electron chi connectivity index (χ3n) is 5.70. The summed E-state index contributed by atoms with van der Waals surface area (Å²) >= 11 is 0. The van der Waals surface area contributed by atoms with Crippen molar-refractivity contribution in [1.29, 1.82) is 0 Å². The molecule has 9 nitrogen and oxygen atoms in total. The Morgan fingerprint density at radius 2 is 2.00 bits per heavy atom. The highest BCUT2D eigenvalue weighted by atomic mass is 16.4. The van der Waals surface area contributed by atoms with E-state index in [-0.39, 0.29) is 12.0 Å². The van der Waals surface area contributed by atoms with Gasteiger partial charge in [-0.15, -0.1) is 0 Å². The number of pyridine rings is 1. The van der Waals surface area contributed by atoms with Gasteiger partial charge in [0.25, 0.3) is 5.56 Å². The van der Waals surface area contributed by atoms with E-state index in [2.05, 4.69) is 15.0 Å². The second-order valence-corrected chi connectivity index (χ2v) is 8.08. The lowest BCUT2D eigenvalue weighted by molar-refractivity contribution is -0.136. The Labute approximate surface area is 193 Å². The molecule has 3 aromatic heterocycles. The molecule has 0 unspecified atom stereocenters. The maximum Gasteiger partial charge on any atom is 0.303 e. The molecular formula is C25H22N6O3. The summed E-state index contributed by atoms with van der Waals surface area (Å²) in [5.41, 5.74) is 11.7. The van der Waals surface area contributed by atoms with Gasteiger partial charge in [0.1, 0.15) is 11.4 Å². The van der Waals surface area contributed by atoms with E-state index in [0.29, 0.717) is 29.9 Å². The SMILES string of the molecule is Nc1cc[nH]c(=O)c1-c1nc2c(Cc3cccc(CCC(=O)O)c3)cc(-n3ccnc3)cc2[nH]1. The number of nitrogen functional groups attached to an aromatic ring is 1. The van der Waals surface area contributed by atoms with Crippen molar-refractivity contribution in [2.45, 2.75) is 19.3 Å². The van der Waals surface area contributed by atoms with Crippen LogP contribution in [0.3, 0.4) is 0 Å². The van der Waals surface area contributed by atoms with Crippen LogP contribution in [0.2, 0.25) is 0 Å². The van der Waals surface area contributed by atoms with Gasteiger partial charge in [0.15, 0.2) is 0 Å². The number of hydrogen-bond donors (Lipinski definition) is 4. The molecule has 0 aliphatic heterocycles. The number of aromatic amines is 2. The molecule has 0 bridgehead atoms. The molecule has 0 radical (unpaired) electrons. The Balaban J connectivity index is 1.61. The van der Waals surface area contributed by atoms with Crippen molar-refractivity contribution in [2.24, 2.45) is 0 Å². The van der Waals surface area contributed by atoms with E-state index in [1.807, 2.05) is 47.2 Å². The number of carboxylic acid groups (broad SMARTS) is 1. The minimum Gasteiger partial charge on any atom is -0.481 e. The van der Waals surface area contributed by atoms with Crippen LogP contribution in [0.15, 0.2) is 72.2 Å². The van der Waals surface area contributed by atoms with Crippen molar-refractivity contribution in [3.63, 3.8) is 0 Å². The number of aryl methyl sites for hydroxylation is 1. The van der Waals surface area contributed by atoms with Crippen LogP contribution in [0, 0.1) is 0 Å². The van der Waals surface area contributed by atoms with E-state index in [0.717, 1.165) is 33.4 Å². The number of imidazole rings is 2. The molecule has 0 saturated carbocycles. The Bertz CT molecular complexity index is 1550. The first-order chi connectivity index (χ1) is 16.5. The van der Waals surface area contributed by atoms with Gasteiger partial charge in [-0.2, -0.15) is 0 Å². The summed E-state index contributed by atoms with van der Waals surface area (Å²) in [5, 5.41) is 9.00. The number of nitrogens with two attached hydrogens (primary N) is 1. The van der Waals surface area contributed by atoms with Gasteiger partial charge in [-0.3, -0.25) is 9.59 Å². The van der Waals surface area contributed by atoms with E-state index in [1.165, 1.54) is 6.20 Å². The normalized spacial score (nSPS) is 11.2. The maximum absolute atomic E-state index is 12.4. The number of carbonyl (C=O) groups is 1. The predicted octanol–water partition coefficient (Wildman–Crippen LogP) is 3.29. The number of anilines is 1. The number of aliphatic carboxylic acids is 1. The van der Waals surface area contributed by atoms with Crippen LogP contribution in [0.25, 0.3) is 28.1 Å². The van der Waals surface area contributed by atoms with Crippen molar-refractivity contribution in [3.05, 3.63) is 94.4 Å². The average molecular weight is 454 g/mol. The van der Waals surface area contributed by atoms with E-state index in [4.69, 9.17) is 15.8 Å². The number of rotatable bonds is 7. The van der Waals surface area contributed by atoms with Crippen LogP contribution >= 0.6 is 0 Å². The fourth-order valence-electron chi connectivity index (χ4n) is 4.09. The van der Waals surface area contributed by atoms with Crippen molar-refractivity contribution in [2.75, 3.05) is 5.73 Å². The Hall–Kier alpha value is -4.66. The lowest BCUT2D eigenvalue weighted by Gasteiger charge is -2.09. The van der Waals surface area contributed by atoms with Crippen LogP contribution in [0.1, 0.15) is 23.1 Å². The van der Waals surface area contributed by atoms with Gasteiger partial charge < -0.3 is 25.4 Å². The topological polar surface area (TPSA) is 143 Å². The van der Waals surface area contributed by atoms with Crippen LogP contribution in [-0.4, -0.2) is 35.6 Å². The molecule has 0 atom stereocenters. The molecule has 5 N–H and O–H groups in total. The number of aromatic nitrogens is 5. The number of carboxylic acids is 1. The van der Waals surface area contributed by atoms with E-state index >= 15 is 0 Å². The second-order valence-electron chi connectivity index (χ2n) is 8.08. The molecule has 5 rings (SSSR count). The smallest absolute Gasteiger partial charge is 0.303 e. The van der Waals surface area contributed by atoms with Gasteiger partial charge in [-0.05, 0) is 47.7 Å². The van der Waals surface area contributed by atoms with Crippen LogP contribution in [0.5, 0.6) is 0 Å². The van der Waals surface area contributed by atoms with E-state index in [9.17, 15) is 9.59 Å². The summed E-state index contributed by atoms with van der Waals surface area (Å²) in [6.45, 7) is 0. The number of hydrogen-bond acceptors (Lipinski definition) is 5. The standard InChI is InChI=1S/C25H22N6O3/c26-19-6-7-28-25(34)22(19)24-29-20-13-18(31-9-8-27-14-31)12-17(23(20)30-24)11-16-3-1-2-15(10-16)4-5-21(32)33/h1-3,6-10,12-14H,4-5,11H2,(H,29,30)(H,32,33)(H3,26,28,34). The number of nitrogens with one attached hydrogen (secondary N) is 2. The molecule has 0 spiro atoms. The fourth-order valence-corrected chi connectivity index (χ4v) is 4.09. The third kappa shape index (κ3) is 4.18. The molecule has 9 heteroatoms. The second kappa shape index (κ2) is 8.70. The van der Waals surface area contributed by atoms with Crippen molar-refractivity contribution in [1.82, 2.24) is 24.5 Å². The van der Waals surface area contributed by atoms with E-state index < -0.39 is 5.97 Å². The highest BCUT2D eigenvalue weighted by Crippen LogP contribution is 2.28. The lowest BCUT2D eigenvalue weighted by Crippen LogP contribution is -2.11. The first-order valence-electron chi connectivity index (χ1n) is 10.8. The quantitative estimate of drug-likeness (QED) is 0.297. The van der Waals surface area contributed by atoms with Crippen molar-refractivity contribution < 1.29 is 9.90 Å². The van der Waals surface area contributed by atoms with Gasteiger partial charge in [0.2, 0.25) is 0 Å². The van der Waals surface area contributed by atoms with Crippen LogP contribution in [0.4, 0.5) is 5.69 Å². The zero-order valence-corrected chi connectivity index (χ0v) is 18.2. The molecule has 2 aromatic carbocycles. The molecule has 0 amide bonds. The molecule has 0 fully saturated rings. The summed E-state index contributed by atoms with van der Waals surface area (Å²) in [6.07, 6.45) is 7.91. The number of nitrogens with zero attached hydrogens (tertiary/aromatic N) is 3. The maximum atomic E-state index is 12.4. The Morgan fingerprint density at radius 3 is 2.76 bits per heavy atom. The average Bonchev–Trinajstić information content (AvgIpc) is 3.48. The minimum atomic E-state index is -0.820. The molecule has 3 heterocycles. The Kier molecular flexibility index (Phi) is 5.43. The molecule has 34 heavy (non-hydrogen) atoms. The van der Waals surface area contributed by atoms with Crippen molar-refractivity contribution >= 4 is 22.7 Å². The van der Waals surface area contributed by atoms with Gasteiger partial charge in [-0.25, -0.2) is 9.97 Å². The predicted molar refractivity (Wildman–Crippen MR) is 129 cm³/mol. The number of H-pyrrole nitrogens is 2. The fraction of sp³-hybridized carbons (Fsp3) is 0.120. The monoisotopic (exact) mass is 454 g/mol. The molecule has 0 saturated heterocycles. The zero-order valence-electron chi connectivity index (χ0n) is 18.2. The Morgan fingerprint density at radius 1 is 1.15 bits per heavy atom. The molecule has 170 valence electrons. The van der Waals surface area contributed by atoms with Crippen LogP contribution < -0.4 is 11.3 Å². The molecule has 0 aliphatic carbocycles. The summed E-state index contributed by atoms with van der Waals surface area (Å²) < 4.78 is 1.90. The van der Waals surface area contributed by atoms with Crippen LogP contribution in [-0.2, 0) is 17.6 Å². The molecular weight excluding hydrogens is 432 g/mol. The summed E-state index contributed by atoms with van der Waals surface area (Å²) in [7, 11) is 0. The number of fused-ring (bicyclic) bond motifs is 1. The summed E-state index contributed by atoms with van der Waals surface area (Å²) in [4.78, 5) is 38.2. The lowest BCUT2D eigenvalue weighted by atomic mass is 9.99. The number of benzene rings is 2. The van der Waals surface area contributed by atoms with Gasteiger partial charge >= 0.3 is 5.97 Å². The highest BCUT2D eigenvalue weighted by molar-refractivity contribution is 5.86. The minimum absolute atomic E-state index is 0.0829. The highest BCUT2D eigenvalue weighted by Gasteiger charge is 2.16.